The van der Waals surface area contributed by atoms with Gasteiger partial charge < -0.3 is 9.84 Å². The molecule has 2 rings (SSSR count). The van der Waals surface area contributed by atoms with Crippen molar-refractivity contribution in [2.24, 2.45) is 0 Å². The van der Waals surface area contributed by atoms with E-state index in [-0.39, 0.29) is 11.7 Å². The van der Waals surface area contributed by atoms with Gasteiger partial charge in [-0.2, -0.15) is 0 Å². The van der Waals surface area contributed by atoms with Crippen LogP contribution in [-0.4, -0.2) is 11.1 Å². The minimum absolute atomic E-state index is 0.161. The molecule has 2 aromatic rings. The third-order valence-corrected chi connectivity index (χ3v) is 3.45. The summed E-state index contributed by atoms with van der Waals surface area (Å²) in [5.74, 6) is -0.206. The molecular weight excluding hydrogens is 307 g/mol. The van der Waals surface area contributed by atoms with Crippen LogP contribution in [0.1, 0.15) is 16.2 Å². The molecule has 1 heterocycles. The van der Waals surface area contributed by atoms with Gasteiger partial charge in [-0.1, -0.05) is 22.8 Å². The summed E-state index contributed by atoms with van der Waals surface area (Å²) in [6.07, 6.45) is 0. The Balaban J connectivity index is 2.21. The average molecular weight is 316 g/mol. The van der Waals surface area contributed by atoms with E-state index in [0.29, 0.717) is 20.9 Å². The van der Waals surface area contributed by atoms with Gasteiger partial charge in [0.2, 0.25) is 5.76 Å². The normalized spacial score (nSPS) is 10.3. The van der Waals surface area contributed by atoms with Gasteiger partial charge in [-0.15, -0.1) is 0 Å². The van der Waals surface area contributed by atoms with Crippen LogP contribution in [0.3, 0.4) is 0 Å². The highest BCUT2D eigenvalue weighted by molar-refractivity contribution is 9.10. The molecule has 0 fully saturated rings. The number of halogens is 2. The number of nitrogens with one attached hydrogen (secondary N) is 1. The maximum Gasteiger partial charge on any atom is 0.294 e. The molecule has 0 bridgehead atoms. The highest BCUT2D eigenvalue weighted by atomic mass is 79.9. The van der Waals surface area contributed by atoms with Crippen LogP contribution in [0.25, 0.3) is 0 Å². The van der Waals surface area contributed by atoms with E-state index in [1.54, 1.807) is 31.2 Å². The molecular formula is C11H8BrClN2O2. The van der Waals surface area contributed by atoms with E-state index in [0.717, 1.165) is 0 Å². The van der Waals surface area contributed by atoms with E-state index >= 15 is 0 Å². The van der Waals surface area contributed by atoms with Crippen molar-refractivity contribution in [3.8, 4) is 0 Å². The number of carbonyl (C=O) groups is 1. The van der Waals surface area contributed by atoms with Gasteiger partial charge in [-0.25, -0.2) is 0 Å². The summed E-state index contributed by atoms with van der Waals surface area (Å²) in [7, 11) is 0. The van der Waals surface area contributed by atoms with Crippen molar-refractivity contribution < 1.29 is 9.32 Å². The fraction of sp³-hybridized carbons (Fsp3) is 0.0909. The van der Waals surface area contributed by atoms with Crippen LogP contribution >= 0.6 is 27.5 Å². The SMILES string of the molecule is Cc1cc(C(=O)Nc2cccc(Cl)c2Br)on1. The first-order chi connectivity index (χ1) is 8.08. The second-order valence-electron chi connectivity index (χ2n) is 3.39. The Kier molecular flexibility index (Phi) is 3.49. The lowest BCUT2D eigenvalue weighted by molar-refractivity contribution is 0.0988. The fourth-order valence-electron chi connectivity index (χ4n) is 1.25. The Labute approximate surface area is 111 Å². The third-order valence-electron chi connectivity index (χ3n) is 2.05. The number of hydrogen-bond donors (Lipinski definition) is 1. The Hall–Kier alpha value is -1.33. The quantitative estimate of drug-likeness (QED) is 0.920. The van der Waals surface area contributed by atoms with Gasteiger partial charge in [0.15, 0.2) is 0 Å². The molecule has 6 heteroatoms. The van der Waals surface area contributed by atoms with E-state index in [4.69, 9.17) is 16.1 Å². The Morgan fingerprint density at radius 2 is 2.29 bits per heavy atom. The molecule has 0 radical (unpaired) electrons. The predicted molar refractivity (Wildman–Crippen MR) is 68.3 cm³/mol. The molecule has 1 amide bonds. The Bertz CT molecular complexity index is 568. The van der Waals surface area contributed by atoms with E-state index in [1.165, 1.54) is 0 Å². The van der Waals surface area contributed by atoms with Crippen LogP contribution in [0.4, 0.5) is 5.69 Å². The summed E-state index contributed by atoms with van der Waals surface area (Å²) in [4.78, 5) is 11.8. The zero-order chi connectivity index (χ0) is 12.4. The minimum atomic E-state index is -0.367. The van der Waals surface area contributed by atoms with Crippen LogP contribution < -0.4 is 5.32 Å². The first-order valence-electron chi connectivity index (χ1n) is 4.76. The van der Waals surface area contributed by atoms with Crippen molar-refractivity contribution >= 4 is 39.1 Å². The van der Waals surface area contributed by atoms with Gasteiger partial charge in [0.1, 0.15) is 0 Å². The number of carbonyl (C=O) groups excluding carboxylic acids is 1. The number of aromatic nitrogens is 1. The zero-order valence-electron chi connectivity index (χ0n) is 8.83. The van der Waals surface area contributed by atoms with Gasteiger partial charge in [0.25, 0.3) is 5.91 Å². The van der Waals surface area contributed by atoms with Crippen LogP contribution in [0.15, 0.2) is 33.3 Å². The molecule has 0 aliphatic rings. The van der Waals surface area contributed by atoms with Crippen molar-refractivity contribution in [3.05, 3.63) is 45.2 Å². The molecule has 4 nitrogen and oxygen atoms in total. The first-order valence-corrected chi connectivity index (χ1v) is 5.93. The van der Waals surface area contributed by atoms with Gasteiger partial charge in [0.05, 0.1) is 20.9 Å². The molecule has 0 spiro atoms. The van der Waals surface area contributed by atoms with Gasteiger partial charge in [0, 0.05) is 6.07 Å². The highest BCUT2D eigenvalue weighted by Gasteiger charge is 2.13. The van der Waals surface area contributed by atoms with E-state index in [2.05, 4.69) is 26.4 Å². The molecule has 1 aromatic heterocycles. The number of benzene rings is 1. The van der Waals surface area contributed by atoms with Gasteiger partial charge in [-0.05, 0) is 35.0 Å². The molecule has 0 saturated carbocycles. The summed E-state index contributed by atoms with van der Waals surface area (Å²) >= 11 is 9.21. The summed E-state index contributed by atoms with van der Waals surface area (Å²) in [5, 5.41) is 6.85. The monoisotopic (exact) mass is 314 g/mol. The van der Waals surface area contributed by atoms with E-state index in [1.807, 2.05) is 0 Å². The number of nitrogens with zero attached hydrogens (tertiary/aromatic N) is 1. The number of amides is 1. The average Bonchev–Trinajstić information content (AvgIpc) is 2.72. The summed E-state index contributed by atoms with van der Waals surface area (Å²) in [6.45, 7) is 1.75. The molecule has 0 aliphatic heterocycles. The smallest absolute Gasteiger partial charge is 0.294 e. The van der Waals surface area contributed by atoms with Crippen molar-refractivity contribution in [1.29, 1.82) is 0 Å². The van der Waals surface area contributed by atoms with Gasteiger partial charge >= 0.3 is 0 Å². The summed E-state index contributed by atoms with van der Waals surface area (Å²) in [5.41, 5.74) is 1.23. The van der Waals surface area contributed by atoms with E-state index in [9.17, 15) is 4.79 Å². The Morgan fingerprint density at radius 1 is 1.53 bits per heavy atom. The number of rotatable bonds is 2. The molecule has 88 valence electrons. The first kappa shape index (κ1) is 12.1. The minimum Gasteiger partial charge on any atom is -0.351 e. The lowest BCUT2D eigenvalue weighted by atomic mass is 10.3. The molecule has 0 saturated heterocycles. The largest absolute Gasteiger partial charge is 0.351 e. The van der Waals surface area contributed by atoms with Crippen molar-refractivity contribution in [1.82, 2.24) is 5.16 Å². The maximum absolute atomic E-state index is 11.8. The predicted octanol–water partition coefficient (Wildman–Crippen LogP) is 3.65. The topological polar surface area (TPSA) is 55.1 Å². The van der Waals surface area contributed by atoms with Crippen molar-refractivity contribution in [2.75, 3.05) is 5.32 Å². The van der Waals surface area contributed by atoms with Gasteiger partial charge in [-0.3, -0.25) is 4.79 Å². The van der Waals surface area contributed by atoms with E-state index < -0.39 is 0 Å². The lowest BCUT2D eigenvalue weighted by Crippen LogP contribution is -2.11. The maximum atomic E-state index is 11.8. The number of hydrogen-bond acceptors (Lipinski definition) is 3. The molecule has 1 aromatic carbocycles. The highest BCUT2D eigenvalue weighted by Crippen LogP contribution is 2.30. The summed E-state index contributed by atoms with van der Waals surface area (Å²) in [6, 6.07) is 6.76. The van der Waals surface area contributed by atoms with Crippen LogP contribution in [-0.2, 0) is 0 Å². The van der Waals surface area contributed by atoms with Crippen LogP contribution in [0, 0.1) is 6.92 Å². The van der Waals surface area contributed by atoms with Crippen molar-refractivity contribution in [3.63, 3.8) is 0 Å². The molecule has 0 unspecified atom stereocenters. The molecule has 0 aliphatic carbocycles. The second-order valence-corrected chi connectivity index (χ2v) is 4.59. The third kappa shape index (κ3) is 2.68. The van der Waals surface area contributed by atoms with Crippen LogP contribution in [0.5, 0.6) is 0 Å². The zero-order valence-corrected chi connectivity index (χ0v) is 11.2. The standard InChI is InChI=1S/C11H8BrClN2O2/c1-6-5-9(17-15-6)11(16)14-8-4-2-3-7(13)10(8)12/h2-5H,1H3,(H,14,16). The molecule has 17 heavy (non-hydrogen) atoms. The lowest BCUT2D eigenvalue weighted by Gasteiger charge is -2.06. The number of aryl methyl sites for hydroxylation is 1. The fourth-order valence-corrected chi connectivity index (χ4v) is 1.79. The molecule has 0 atom stereocenters. The van der Waals surface area contributed by atoms with Crippen LogP contribution in [0.2, 0.25) is 5.02 Å². The second kappa shape index (κ2) is 4.89. The number of anilines is 1. The summed E-state index contributed by atoms with van der Waals surface area (Å²) < 4.78 is 5.49. The molecule has 1 N–H and O–H groups in total. The van der Waals surface area contributed by atoms with Crippen molar-refractivity contribution in [2.45, 2.75) is 6.92 Å². The Morgan fingerprint density at radius 3 is 2.94 bits per heavy atom.